The van der Waals surface area contributed by atoms with Crippen molar-refractivity contribution in [3.63, 3.8) is 0 Å². The van der Waals surface area contributed by atoms with Gasteiger partial charge in [0.25, 0.3) is 0 Å². The first-order chi connectivity index (χ1) is 9.66. The highest BCUT2D eigenvalue weighted by atomic mass is 79.9. The van der Waals surface area contributed by atoms with Crippen LogP contribution in [0.2, 0.25) is 0 Å². The van der Waals surface area contributed by atoms with Gasteiger partial charge in [-0.25, -0.2) is 8.78 Å². The summed E-state index contributed by atoms with van der Waals surface area (Å²) in [6.07, 6.45) is 0. The SMILES string of the molecule is Fc1cccc(C(Br)c2ccc3c(c2)OCCO3)c1F. The van der Waals surface area contributed by atoms with Crippen LogP contribution in [-0.4, -0.2) is 13.2 Å². The smallest absolute Gasteiger partial charge is 0.163 e. The molecule has 1 aliphatic heterocycles. The first-order valence-corrected chi connectivity index (χ1v) is 7.06. The van der Waals surface area contributed by atoms with Crippen molar-refractivity contribution in [1.82, 2.24) is 0 Å². The molecule has 0 aromatic heterocycles. The number of benzene rings is 2. The summed E-state index contributed by atoms with van der Waals surface area (Å²) in [4.78, 5) is -0.450. The first-order valence-electron chi connectivity index (χ1n) is 6.14. The standard InChI is InChI=1S/C15H11BrF2O2/c16-14(10-2-1-3-11(17)15(10)18)9-4-5-12-13(8-9)20-7-6-19-12/h1-5,8,14H,6-7H2. The van der Waals surface area contributed by atoms with Gasteiger partial charge in [0.05, 0.1) is 4.83 Å². The van der Waals surface area contributed by atoms with Gasteiger partial charge in [-0.05, 0) is 23.8 Å². The molecule has 0 spiro atoms. The molecule has 1 unspecified atom stereocenters. The van der Waals surface area contributed by atoms with Crippen LogP contribution in [0.1, 0.15) is 16.0 Å². The zero-order valence-corrected chi connectivity index (χ0v) is 12.0. The maximum absolute atomic E-state index is 13.8. The number of hydrogen-bond donors (Lipinski definition) is 0. The Bertz CT molecular complexity index is 646. The van der Waals surface area contributed by atoms with Gasteiger partial charge in [0.2, 0.25) is 0 Å². The van der Waals surface area contributed by atoms with Gasteiger partial charge in [-0.1, -0.05) is 34.1 Å². The molecule has 1 aliphatic rings. The molecule has 0 aliphatic carbocycles. The van der Waals surface area contributed by atoms with Gasteiger partial charge in [-0.2, -0.15) is 0 Å². The van der Waals surface area contributed by atoms with Gasteiger partial charge < -0.3 is 9.47 Å². The van der Waals surface area contributed by atoms with Crippen LogP contribution >= 0.6 is 15.9 Å². The molecule has 2 nitrogen and oxygen atoms in total. The second kappa shape index (κ2) is 5.40. The molecule has 1 heterocycles. The van der Waals surface area contributed by atoms with Crippen LogP contribution < -0.4 is 9.47 Å². The molecule has 104 valence electrons. The highest BCUT2D eigenvalue weighted by molar-refractivity contribution is 9.09. The lowest BCUT2D eigenvalue weighted by atomic mass is 10.0. The second-order valence-electron chi connectivity index (χ2n) is 4.41. The number of halogens is 3. The average molecular weight is 341 g/mol. The third-order valence-corrected chi connectivity index (χ3v) is 4.14. The van der Waals surface area contributed by atoms with E-state index >= 15 is 0 Å². The highest BCUT2D eigenvalue weighted by Crippen LogP contribution is 2.38. The van der Waals surface area contributed by atoms with E-state index < -0.39 is 16.5 Å². The lowest BCUT2D eigenvalue weighted by Gasteiger charge is -2.20. The van der Waals surface area contributed by atoms with Gasteiger partial charge in [0.15, 0.2) is 23.1 Å². The molecule has 5 heteroatoms. The van der Waals surface area contributed by atoms with Crippen molar-refractivity contribution in [2.75, 3.05) is 13.2 Å². The molecule has 2 aromatic carbocycles. The number of ether oxygens (including phenoxy) is 2. The molecule has 0 amide bonds. The van der Waals surface area contributed by atoms with Crippen LogP contribution in [0, 0.1) is 11.6 Å². The predicted molar refractivity (Wildman–Crippen MR) is 74.6 cm³/mol. The first kappa shape index (κ1) is 13.4. The summed E-state index contributed by atoms with van der Waals surface area (Å²) in [6.45, 7) is 1.00. The Balaban J connectivity index is 1.98. The summed E-state index contributed by atoms with van der Waals surface area (Å²) >= 11 is 3.40. The summed E-state index contributed by atoms with van der Waals surface area (Å²) in [5.41, 5.74) is 1.03. The summed E-state index contributed by atoms with van der Waals surface area (Å²) < 4.78 is 38.0. The molecule has 0 saturated carbocycles. The molecular formula is C15H11BrF2O2. The van der Waals surface area contributed by atoms with Crippen molar-refractivity contribution in [2.45, 2.75) is 4.83 Å². The van der Waals surface area contributed by atoms with Crippen molar-refractivity contribution >= 4 is 15.9 Å². The summed E-state index contributed by atoms with van der Waals surface area (Å²) in [6, 6.07) is 9.49. The zero-order valence-electron chi connectivity index (χ0n) is 10.4. The second-order valence-corrected chi connectivity index (χ2v) is 5.32. The number of fused-ring (bicyclic) bond motifs is 1. The number of hydrogen-bond acceptors (Lipinski definition) is 2. The maximum atomic E-state index is 13.8. The third-order valence-electron chi connectivity index (χ3n) is 3.11. The fourth-order valence-corrected chi connectivity index (χ4v) is 2.75. The summed E-state index contributed by atoms with van der Waals surface area (Å²) in [5, 5.41) is 0. The average Bonchev–Trinajstić information content (AvgIpc) is 2.49. The van der Waals surface area contributed by atoms with E-state index in [1.165, 1.54) is 6.07 Å². The molecular weight excluding hydrogens is 330 g/mol. The van der Waals surface area contributed by atoms with E-state index in [0.717, 1.165) is 11.6 Å². The lowest BCUT2D eigenvalue weighted by Crippen LogP contribution is -2.15. The summed E-state index contributed by atoms with van der Waals surface area (Å²) in [5.74, 6) is -0.414. The Morgan fingerprint density at radius 2 is 1.75 bits per heavy atom. The van der Waals surface area contributed by atoms with Crippen molar-refractivity contribution in [1.29, 1.82) is 0 Å². The minimum atomic E-state index is -0.857. The molecule has 3 rings (SSSR count). The molecule has 0 fully saturated rings. The van der Waals surface area contributed by atoms with Crippen LogP contribution in [0.3, 0.4) is 0 Å². The van der Waals surface area contributed by atoms with Gasteiger partial charge in [-0.15, -0.1) is 0 Å². The Morgan fingerprint density at radius 1 is 1.00 bits per heavy atom. The largest absolute Gasteiger partial charge is 0.486 e. The Morgan fingerprint density at radius 3 is 2.55 bits per heavy atom. The van der Waals surface area contributed by atoms with Gasteiger partial charge in [-0.3, -0.25) is 0 Å². The molecule has 1 atom stereocenters. The predicted octanol–water partition coefficient (Wildman–Crippen LogP) is 4.22. The van der Waals surface area contributed by atoms with Crippen molar-refractivity contribution in [2.24, 2.45) is 0 Å². The van der Waals surface area contributed by atoms with Crippen LogP contribution in [0.25, 0.3) is 0 Å². The highest BCUT2D eigenvalue weighted by Gasteiger charge is 2.20. The molecule has 0 N–H and O–H groups in total. The van der Waals surface area contributed by atoms with Gasteiger partial charge in [0.1, 0.15) is 13.2 Å². The lowest BCUT2D eigenvalue weighted by molar-refractivity contribution is 0.171. The van der Waals surface area contributed by atoms with E-state index in [-0.39, 0.29) is 5.56 Å². The monoisotopic (exact) mass is 340 g/mol. The molecule has 0 radical (unpaired) electrons. The summed E-state index contributed by atoms with van der Waals surface area (Å²) in [7, 11) is 0. The van der Waals surface area contributed by atoms with E-state index in [4.69, 9.17) is 9.47 Å². The number of rotatable bonds is 2. The van der Waals surface area contributed by atoms with Gasteiger partial charge >= 0.3 is 0 Å². The van der Waals surface area contributed by atoms with Gasteiger partial charge in [0, 0.05) is 5.56 Å². The minimum absolute atomic E-state index is 0.252. The van der Waals surface area contributed by atoms with Crippen LogP contribution in [0.15, 0.2) is 36.4 Å². The normalized spacial score (nSPS) is 14.9. The van der Waals surface area contributed by atoms with Crippen LogP contribution in [0.5, 0.6) is 11.5 Å². The van der Waals surface area contributed by atoms with Crippen molar-refractivity contribution < 1.29 is 18.3 Å². The Kier molecular flexibility index (Phi) is 3.61. The maximum Gasteiger partial charge on any atom is 0.163 e. The van der Waals surface area contributed by atoms with E-state index in [2.05, 4.69) is 15.9 Å². The third kappa shape index (κ3) is 2.38. The van der Waals surface area contributed by atoms with Crippen molar-refractivity contribution in [3.8, 4) is 11.5 Å². The molecule has 0 bridgehead atoms. The Labute approximate surface area is 123 Å². The van der Waals surface area contributed by atoms with E-state index in [0.29, 0.717) is 24.7 Å². The van der Waals surface area contributed by atoms with E-state index in [1.54, 1.807) is 24.3 Å². The molecule has 0 saturated heterocycles. The van der Waals surface area contributed by atoms with Crippen molar-refractivity contribution in [3.05, 3.63) is 59.2 Å². The van der Waals surface area contributed by atoms with Crippen LogP contribution in [0.4, 0.5) is 8.78 Å². The van der Waals surface area contributed by atoms with E-state index in [1.807, 2.05) is 0 Å². The fourth-order valence-electron chi connectivity index (χ4n) is 2.11. The topological polar surface area (TPSA) is 18.5 Å². The van der Waals surface area contributed by atoms with E-state index in [9.17, 15) is 8.78 Å². The molecule has 2 aromatic rings. The molecule has 20 heavy (non-hydrogen) atoms. The van der Waals surface area contributed by atoms with Crippen LogP contribution in [-0.2, 0) is 0 Å². The Hall–Kier alpha value is -1.62. The minimum Gasteiger partial charge on any atom is -0.486 e. The zero-order chi connectivity index (χ0) is 14.1. The number of alkyl halides is 1. The fraction of sp³-hybridized carbons (Fsp3) is 0.200. The quantitative estimate of drug-likeness (QED) is 0.762.